The standard InChI is InChI=1S/C34H81N7P2.2ClH/c1-8-15-22-29-36-42(35-28-21-14-7,37-30-23-16-9-2)41(34-27-20-13-6)43(38-31-24-17-10-3,39-32-25-18-11-4)40-33-26-19-12-5;;/h35-40H,8-34H2,1-7H3;2*1H/q+2;;. The zero-order valence-corrected chi connectivity index (χ0v) is 34.7. The number of halogens is 2. The number of nitrogens with zero attached hydrogens (tertiary/aromatic N) is 1. The van der Waals surface area contributed by atoms with Crippen LogP contribution in [0.2, 0.25) is 0 Å². The molecule has 276 valence electrons. The summed E-state index contributed by atoms with van der Waals surface area (Å²) >= 11 is 0. The van der Waals surface area contributed by atoms with Gasteiger partial charge in [0.15, 0.2) is 0 Å². The number of unbranched alkanes of at least 4 members (excludes halogenated alkanes) is 13. The summed E-state index contributed by atoms with van der Waals surface area (Å²) in [5.74, 6) is 0. The summed E-state index contributed by atoms with van der Waals surface area (Å²) in [5, 5.41) is 25.6. The minimum Gasteiger partial charge on any atom is -0.147 e. The molecule has 0 spiro atoms. The van der Waals surface area contributed by atoms with Gasteiger partial charge in [-0.05, 0) is 44.9 Å². The first kappa shape index (κ1) is 50.5. The van der Waals surface area contributed by atoms with Crippen molar-refractivity contribution in [3.63, 3.8) is 0 Å². The van der Waals surface area contributed by atoms with Gasteiger partial charge in [-0.3, -0.25) is 0 Å². The van der Waals surface area contributed by atoms with Gasteiger partial charge < -0.3 is 0 Å². The van der Waals surface area contributed by atoms with Crippen molar-refractivity contribution < 1.29 is 0 Å². The van der Waals surface area contributed by atoms with Gasteiger partial charge in [0.05, 0.1) is 6.54 Å². The van der Waals surface area contributed by atoms with Crippen molar-refractivity contribution in [3.05, 3.63) is 0 Å². The van der Waals surface area contributed by atoms with Crippen molar-refractivity contribution in [2.75, 3.05) is 45.8 Å². The molecule has 0 saturated carbocycles. The summed E-state index contributed by atoms with van der Waals surface area (Å²) < 4.78 is 2.94. The number of hydrogen-bond acceptors (Lipinski definition) is 7. The number of rotatable bonds is 35. The van der Waals surface area contributed by atoms with Gasteiger partial charge in [0.25, 0.3) is 0 Å². The maximum atomic E-state index is 4.27. The summed E-state index contributed by atoms with van der Waals surface area (Å²) in [6.45, 7) is 23.7. The Labute approximate surface area is 297 Å². The van der Waals surface area contributed by atoms with Gasteiger partial charge in [0.2, 0.25) is 0 Å². The SMILES string of the molecule is CCCCCN[P+](NCCCC)(NCCCCC)N(CCCCC)[P+](NCCCCC)(NCCCCC)NCCCCC.Cl.Cl. The van der Waals surface area contributed by atoms with E-state index in [1.54, 1.807) is 0 Å². The van der Waals surface area contributed by atoms with Crippen LogP contribution in [0.4, 0.5) is 0 Å². The fourth-order valence-electron chi connectivity index (χ4n) is 5.33. The first-order valence-electron chi connectivity index (χ1n) is 19.1. The fourth-order valence-corrected chi connectivity index (χ4v) is 13.5. The minimum absolute atomic E-state index is 0. The molecule has 0 heterocycles. The molecule has 0 aliphatic heterocycles. The summed E-state index contributed by atoms with van der Waals surface area (Å²) in [6.07, 6.45) is 25.1. The average Bonchev–Trinajstić information content (AvgIpc) is 3.02. The van der Waals surface area contributed by atoms with Gasteiger partial charge in [-0.15, -0.1) is 55.3 Å². The summed E-state index contributed by atoms with van der Waals surface area (Å²) in [5.41, 5.74) is 0. The van der Waals surface area contributed by atoms with Crippen molar-refractivity contribution in [1.29, 1.82) is 0 Å². The van der Waals surface area contributed by atoms with Crippen LogP contribution in [0.15, 0.2) is 0 Å². The molecule has 0 amide bonds. The molecule has 0 aliphatic carbocycles. The van der Waals surface area contributed by atoms with Crippen LogP contribution in [0.25, 0.3) is 0 Å². The van der Waals surface area contributed by atoms with Crippen molar-refractivity contribution in [1.82, 2.24) is 35.0 Å². The van der Waals surface area contributed by atoms with Gasteiger partial charge in [-0.2, -0.15) is 0 Å². The van der Waals surface area contributed by atoms with E-state index in [-0.39, 0.29) is 24.8 Å². The van der Waals surface area contributed by atoms with Crippen molar-refractivity contribution in [2.45, 2.75) is 177 Å². The van der Waals surface area contributed by atoms with Crippen LogP contribution >= 0.6 is 40.5 Å². The smallest absolute Gasteiger partial charge is 0.147 e. The highest BCUT2D eigenvalue weighted by Crippen LogP contribution is 2.67. The van der Waals surface area contributed by atoms with E-state index in [2.05, 4.69) is 83.4 Å². The highest BCUT2D eigenvalue weighted by Gasteiger charge is 2.62. The predicted molar refractivity (Wildman–Crippen MR) is 215 cm³/mol. The Hall–Kier alpha value is 1.16. The molecule has 0 atom stereocenters. The Morgan fingerprint density at radius 2 is 0.533 bits per heavy atom. The number of nitrogens with one attached hydrogen (secondary N) is 6. The Morgan fingerprint density at radius 1 is 0.311 bits per heavy atom. The molecule has 0 aromatic heterocycles. The van der Waals surface area contributed by atoms with Crippen LogP contribution in [-0.4, -0.2) is 50.3 Å². The average molecular weight is 723 g/mol. The summed E-state index contributed by atoms with van der Waals surface area (Å²) in [6, 6.07) is 0. The second kappa shape index (κ2) is 36.4. The molecule has 0 bridgehead atoms. The van der Waals surface area contributed by atoms with Crippen LogP contribution in [0.3, 0.4) is 0 Å². The van der Waals surface area contributed by atoms with Gasteiger partial charge in [0, 0.05) is 43.7 Å². The largest absolute Gasteiger partial charge is 0.339 e. The van der Waals surface area contributed by atoms with Gasteiger partial charge in [-0.1, -0.05) is 132 Å². The Bertz CT molecular complexity index is 539. The molecule has 45 heavy (non-hydrogen) atoms. The highest BCUT2D eigenvalue weighted by atomic mass is 35.5. The first-order valence-corrected chi connectivity index (χ1v) is 22.6. The normalized spacial score (nSPS) is 12.0. The van der Waals surface area contributed by atoms with E-state index in [9.17, 15) is 0 Å². The van der Waals surface area contributed by atoms with Gasteiger partial charge in [0.1, 0.15) is 0 Å². The maximum Gasteiger partial charge on any atom is 0.339 e. The molecule has 0 aromatic rings. The molecule has 0 rings (SSSR count). The molecule has 6 N–H and O–H groups in total. The summed E-state index contributed by atoms with van der Waals surface area (Å²) in [4.78, 5) is 0. The third-order valence-corrected chi connectivity index (χ3v) is 15.6. The fraction of sp³-hybridized carbons (Fsp3) is 1.00. The molecular weight excluding hydrogens is 639 g/mol. The van der Waals surface area contributed by atoms with E-state index in [0.29, 0.717) is 0 Å². The second-order valence-electron chi connectivity index (χ2n) is 12.4. The third kappa shape index (κ3) is 24.0. The lowest BCUT2D eigenvalue weighted by Crippen LogP contribution is -2.56. The van der Waals surface area contributed by atoms with Gasteiger partial charge in [-0.25, -0.2) is 0 Å². The van der Waals surface area contributed by atoms with Crippen LogP contribution in [0.1, 0.15) is 177 Å². The Kier molecular flexibility index (Phi) is 40.9. The molecule has 0 aliphatic rings. The zero-order valence-electron chi connectivity index (χ0n) is 31.3. The summed E-state index contributed by atoms with van der Waals surface area (Å²) in [7, 11) is -4.20. The van der Waals surface area contributed by atoms with E-state index in [1.807, 2.05) is 0 Å². The number of hydrogen-bond donors (Lipinski definition) is 6. The third-order valence-electron chi connectivity index (χ3n) is 8.13. The molecular formula is C34H83Cl2N7P2+2. The second-order valence-corrected chi connectivity index (χ2v) is 18.1. The van der Waals surface area contributed by atoms with Crippen LogP contribution in [-0.2, 0) is 0 Å². The first-order chi connectivity index (χ1) is 21.1. The van der Waals surface area contributed by atoms with Crippen molar-refractivity contribution >= 4 is 40.5 Å². The molecule has 0 saturated heterocycles. The van der Waals surface area contributed by atoms with Crippen molar-refractivity contribution in [2.24, 2.45) is 0 Å². The maximum absolute atomic E-state index is 4.27. The van der Waals surface area contributed by atoms with Gasteiger partial charge >= 0.3 is 15.7 Å². The van der Waals surface area contributed by atoms with Crippen LogP contribution in [0, 0.1) is 0 Å². The van der Waals surface area contributed by atoms with E-state index in [0.717, 1.165) is 45.8 Å². The zero-order chi connectivity index (χ0) is 31.9. The Balaban J connectivity index is -0.00000882. The predicted octanol–water partition coefficient (Wildman–Crippen LogP) is 11.0. The van der Waals surface area contributed by atoms with E-state index >= 15 is 0 Å². The quantitative estimate of drug-likeness (QED) is 0.0287. The molecule has 0 aromatic carbocycles. The van der Waals surface area contributed by atoms with E-state index in [1.165, 1.54) is 128 Å². The monoisotopic (exact) mass is 722 g/mol. The highest BCUT2D eigenvalue weighted by molar-refractivity contribution is 7.82. The van der Waals surface area contributed by atoms with Crippen LogP contribution < -0.4 is 30.5 Å². The molecule has 11 heteroatoms. The Morgan fingerprint density at radius 3 is 0.778 bits per heavy atom. The molecule has 0 radical (unpaired) electrons. The molecule has 7 nitrogen and oxygen atoms in total. The van der Waals surface area contributed by atoms with E-state index in [4.69, 9.17) is 0 Å². The van der Waals surface area contributed by atoms with Crippen molar-refractivity contribution in [3.8, 4) is 0 Å². The minimum atomic E-state index is -2.10. The molecule has 0 fully saturated rings. The topological polar surface area (TPSA) is 75.4 Å². The van der Waals surface area contributed by atoms with Crippen LogP contribution in [0.5, 0.6) is 0 Å². The lowest BCUT2D eigenvalue weighted by molar-refractivity contribution is 0.520. The lowest BCUT2D eigenvalue weighted by Gasteiger charge is -2.41. The lowest BCUT2D eigenvalue weighted by atomic mass is 10.3. The molecule has 0 unspecified atom stereocenters. The van der Waals surface area contributed by atoms with E-state index < -0.39 is 15.7 Å².